The van der Waals surface area contributed by atoms with E-state index in [0.29, 0.717) is 19.8 Å². The van der Waals surface area contributed by atoms with E-state index in [1.54, 1.807) is 0 Å². The van der Waals surface area contributed by atoms with Crippen molar-refractivity contribution in [2.24, 2.45) is 5.73 Å². The minimum absolute atomic E-state index is 0.609. The van der Waals surface area contributed by atoms with Gasteiger partial charge in [-0.25, -0.2) is 0 Å². The van der Waals surface area contributed by atoms with Crippen LogP contribution < -0.4 is 10.5 Å². The van der Waals surface area contributed by atoms with Gasteiger partial charge in [0.15, 0.2) is 0 Å². The molecule has 3 heteroatoms. The molecule has 0 aliphatic carbocycles. The summed E-state index contributed by atoms with van der Waals surface area (Å²) in [5.41, 5.74) is 9.21. The molecule has 0 aromatic heterocycles. The Balaban J connectivity index is 2.54. The van der Waals surface area contributed by atoms with E-state index < -0.39 is 0 Å². The van der Waals surface area contributed by atoms with Crippen molar-refractivity contribution in [3.05, 3.63) is 28.8 Å². The van der Waals surface area contributed by atoms with Crippen molar-refractivity contribution >= 4 is 0 Å². The van der Waals surface area contributed by atoms with E-state index in [-0.39, 0.29) is 0 Å². The zero-order valence-corrected chi connectivity index (χ0v) is 11.8. The van der Waals surface area contributed by atoms with Gasteiger partial charge in [-0.15, -0.1) is 0 Å². The number of aryl methyl sites for hydroxylation is 2. The molecule has 0 radical (unpaired) electrons. The first-order valence-electron chi connectivity index (χ1n) is 6.69. The summed E-state index contributed by atoms with van der Waals surface area (Å²) in [5, 5.41) is 0. The summed E-state index contributed by atoms with van der Waals surface area (Å²) in [6.45, 7) is 9.01. The summed E-state index contributed by atoms with van der Waals surface area (Å²) in [5.74, 6) is 0.982. The molecule has 0 saturated heterocycles. The van der Waals surface area contributed by atoms with Gasteiger partial charge in [0.1, 0.15) is 12.4 Å². The van der Waals surface area contributed by atoms with Crippen molar-refractivity contribution in [1.29, 1.82) is 0 Å². The highest BCUT2D eigenvalue weighted by Gasteiger charge is 2.06. The molecule has 0 aliphatic rings. The topological polar surface area (TPSA) is 44.5 Å². The predicted octanol–water partition coefficient (Wildman–Crippen LogP) is 2.61. The summed E-state index contributed by atoms with van der Waals surface area (Å²) in [7, 11) is 0. The molecule has 18 heavy (non-hydrogen) atoms. The Morgan fingerprint density at radius 1 is 1.06 bits per heavy atom. The molecular formula is C15H25NO2. The molecule has 0 saturated carbocycles. The van der Waals surface area contributed by atoms with Crippen LogP contribution in [0.1, 0.15) is 30.0 Å². The molecular weight excluding hydrogens is 226 g/mol. The second-order valence-corrected chi connectivity index (χ2v) is 4.56. The van der Waals surface area contributed by atoms with Crippen molar-refractivity contribution in [2.75, 3.05) is 26.4 Å². The van der Waals surface area contributed by atoms with Crippen LogP contribution in [0.5, 0.6) is 5.75 Å². The number of hydrogen-bond donors (Lipinski definition) is 1. The zero-order valence-electron chi connectivity index (χ0n) is 11.8. The Morgan fingerprint density at radius 3 is 2.28 bits per heavy atom. The molecule has 0 heterocycles. The van der Waals surface area contributed by atoms with Gasteiger partial charge in [-0.1, -0.05) is 19.1 Å². The summed E-state index contributed by atoms with van der Waals surface area (Å²) >= 11 is 0. The van der Waals surface area contributed by atoms with Crippen molar-refractivity contribution < 1.29 is 9.47 Å². The van der Waals surface area contributed by atoms with E-state index in [4.69, 9.17) is 15.2 Å². The number of rotatable bonds is 8. The van der Waals surface area contributed by atoms with Crippen molar-refractivity contribution in [2.45, 2.75) is 33.6 Å². The van der Waals surface area contributed by atoms with Crippen LogP contribution >= 0.6 is 0 Å². The molecule has 0 unspecified atom stereocenters. The first-order valence-corrected chi connectivity index (χ1v) is 6.69. The van der Waals surface area contributed by atoms with E-state index in [2.05, 4.69) is 32.9 Å². The van der Waals surface area contributed by atoms with Crippen LogP contribution in [0.3, 0.4) is 0 Å². The Morgan fingerprint density at radius 2 is 1.72 bits per heavy atom. The van der Waals surface area contributed by atoms with Gasteiger partial charge in [-0.05, 0) is 49.9 Å². The van der Waals surface area contributed by atoms with Gasteiger partial charge >= 0.3 is 0 Å². The Kier molecular flexibility index (Phi) is 6.76. The number of nitrogens with two attached hydrogens (primary N) is 1. The molecule has 1 aromatic carbocycles. The minimum atomic E-state index is 0.609. The fourth-order valence-corrected chi connectivity index (χ4v) is 2.03. The molecule has 0 fully saturated rings. The van der Waals surface area contributed by atoms with E-state index in [1.807, 2.05) is 0 Å². The average molecular weight is 251 g/mol. The van der Waals surface area contributed by atoms with Crippen molar-refractivity contribution in [3.8, 4) is 5.75 Å². The van der Waals surface area contributed by atoms with Crippen LogP contribution in [-0.4, -0.2) is 26.4 Å². The second-order valence-electron chi connectivity index (χ2n) is 4.56. The van der Waals surface area contributed by atoms with Gasteiger partial charge < -0.3 is 15.2 Å². The van der Waals surface area contributed by atoms with Gasteiger partial charge in [0.05, 0.1) is 6.61 Å². The summed E-state index contributed by atoms with van der Waals surface area (Å²) in [6.07, 6.45) is 1.97. The fraction of sp³-hybridized carbons (Fsp3) is 0.600. The predicted molar refractivity (Wildman–Crippen MR) is 75.3 cm³/mol. The standard InChI is InChI=1S/C15H25NO2/c1-4-7-17-8-9-18-15-12(2)10-14(5-6-16)11-13(15)3/h10-11H,4-9,16H2,1-3H3. The summed E-state index contributed by atoms with van der Waals surface area (Å²) < 4.78 is 11.2. The van der Waals surface area contributed by atoms with Crippen LogP contribution in [0.15, 0.2) is 12.1 Å². The maximum Gasteiger partial charge on any atom is 0.125 e. The lowest BCUT2D eigenvalue weighted by Crippen LogP contribution is -2.09. The molecule has 1 rings (SSSR count). The van der Waals surface area contributed by atoms with E-state index in [1.165, 1.54) is 16.7 Å². The third-order valence-electron chi connectivity index (χ3n) is 2.78. The SMILES string of the molecule is CCCOCCOc1c(C)cc(CCN)cc1C. The van der Waals surface area contributed by atoms with E-state index in [0.717, 1.165) is 25.2 Å². The molecule has 1 aromatic rings. The first-order chi connectivity index (χ1) is 8.69. The third kappa shape index (κ3) is 4.67. The largest absolute Gasteiger partial charge is 0.491 e. The van der Waals surface area contributed by atoms with Crippen LogP contribution in [0, 0.1) is 13.8 Å². The molecule has 0 aliphatic heterocycles. The van der Waals surface area contributed by atoms with Gasteiger partial charge in [0.2, 0.25) is 0 Å². The highest BCUT2D eigenvalue weighted by atomic mass is 16.5. The zero-order chi connectivity index (χ0) is 13.4. The van der Waals surface area contributed by atoms with Crippen LogP contribution in [0.2, 0.25) is 0 Å². The normalized spacial score (nSPS) is 10.7. The fourth-order valence-electron chi connectivity index (χ4n) is 2.03. The lowest BCUT2D eigenvalue weighted by molar-refractivity contribution is 0.100. The maximum atomic E-state index is 5.79. The number of ether oxygens (including phenoxy) is 2. The van der Waals surface area contributed by atoms with Gasteiger partial charge in [0.25, 0.3) is 0 Å². The smallest absolute Gasteiger partial charge is 0.125 e. The van der Waals surface area contributed by atoms with Gasteiger partial charge in [-0.2, -0.15) is 0 Å². The molecule has 0 spiro atoms. The molecule has 2 N–H and O–H groups in total. The van der Waals surface area contributed by atoms with Gasteiger partial charge in [0, 0.05) is 6.61 Å². The highest BCUT2D eigenvalue weighted by Crippen LogP contribution is 2.24. The van der Waals surface area contributed by atoms with E-state index in [9.17, 15) is 0 Å². The summed E-state index contributed by atoms with van der Waals surface area (Å²) in [4.78, 5) is 0. The molecule has 102 valence electrons. The quantitative estimate of drug-likeness (QED) is 0.722. The lowest BCUT2D eigenvalue weighted by atomic mass is 10.0. The van der Waals surface area contributed by atoms with Gasteiger partial charge in [-0.3, -0.25) is 0 Å². The Bertz CT molecular complexity index is 341. The highest BCUT2D eigenvalue weighted by molar-refractivity contribution is 5.43. The second kappa shape index (κ2) is 8.11. The maximum absolute atomic E-state index is 5.79. The minimum Gasteiger partial charge on any atom is -0.491 e. The molecule has 0 bridgehead atoms. The van der Waals surface area contributed by atoms with Crippen LogP contribution in [-0.2, 0) is 11.2 Å². The Hall–Kier alpha value is -1.06. The summed E-state index contributed by atoms with van der Waals surface area (Å²) in [6, 6.07) is 4.31. The Labute approximate surface area is 110 Å². The van der Waals surface area contributed by atoms with Crippen molar-refractivity contribution in [1.82, 2.24) is 0 Å². The average Bonchev–Trinajstić information content (AvgIpc) is 2.32. The molecule has 0 amide bonds. The monoisotopic (exact) mass is 251 g/mol. The van der Waals surface area contributed by atoms with Crippen molar-refractivity contribution in [3.63, 3.8) is 0 Å². The van der Waals surface area contributed by atoms with Crippen LogP contribution in [0.4, 0.5) is 0 Å². The van der Waals surface area contributed by atoms with E-state index >= 15 is 0 Å². The first kappa shape index (κ1) is 15.0. The molecule has 3 nitrogen and oxygen atoms in total. The molecule has 0 atom stereocenters. The number of benzene rings is 1. The third-order valence-corrected chi connectivity index (χ3v) is 2.78. The van der Waals surface area contributed by atoms with Crippen LogP contribution in [0.25, 0.3) is 0 Å². The number of hydrogen-bond acceptors (Lipinski definition) is 3. The lowest BCUT2D eigenvalue weighted by Gasteiger charge is -2.14.